The first-order chi connectivity index (χ1) is 9.65. The van der Waals surface area contributed by atoms with Crippen molar-refractivity contribution in [1.29, 1.82) is 0 Å². The van der Waals surface area contributed by atoms with E-state index in [4.69, 9.17) is 9.84 Å². The quantitative estimate of drug-likeness (QED) is 0.804. The van der Waals surface area contributed by atoms with Crippen molar-refractivity contribution >= 4 is 18.0 Å². The number of aliphatic carboxylic acids is 1. The number of nitrogens with one attached hydrogen (secondary N) is 1. The Bertz CT molecular complexity index is 522. The van der Waals surface area contributed by atoms with E-state index < -0.39 is 5.97 Å². The number of carbonyl (C=O) groups is 2. The van der Waals surface area contributed by atoms with Crippen LogP contribution in [0.1, 0.15) is 28.8 Å². The zero-order valence-corrected chi connectivity index (χ0v) is 10.9. The van der Waals surface area contributed by atoms with Crippen LogP contribution < -0.4 is 5.32 Å². The molecular weight excluding hydrogens is 260 g/mol. The number of carbonyl (C=O) groups excluding carboxylic acids is 1. The highest BCUT2D eigenvalue weighted by Gasteiger charge is 2.17. The monoisotopic (exact) mass is 276 g/mol. The van der Waals surface area contributed by atoms with Gasteiger partial charge < -0.3 is 15.2 Å². The molecule has 0 spiro atoms. The molecule has 0 bridgehead atoms. The van der Waals surface area contributed by atoms with Crippen molar-refractivity contribution in [3.63, 3.8) is 0 Å². The zero-order valence-electron chi connectivity index (χ0n) is 10.9. The molecule has 1 aliphatic rings. The Balaban J connectivity index is 2.02. The van der Waals surface area contributed by atoms with Gasteiger partial charge in [-0.2, -0.15) is 0 Å². The number of carboxylic acid groups (broad SMARTS) is 1. The first kappa shape index (κ1) is 14.2. The summed E-state index contributed by atoms with van der Waals surface area (Å²) in [5, 5.41) is 11.5. The number of ether oxygens (including phenoxy) is 1. The summed E-state index contributed by atoms with van der Waals surface area (Å²) >= 11 is 0. The Morgan fingerprint density at radius 3 is 2.80 bits per heavy atom. The van der Waals surface area contributed by atoms with Gasteiger partial charge in [0.15, 0.2) is 0 Å². The van der Waals surface area contributed by atoms with E-state index in [2.05, 4.69) is 10.3 Å². The third-order valence-corrected chi connectivity index (χ3v) is 3.00. The zero-order chi connectivity index (χ0) is 14.4. The third-order valence-electron chi connectivity index (χ3n) is 3.00. The van der Waals surface area contributed by atoms with Gasteiger partial charge in [0.05, 0.1) is 5.56 Å². The molecule has 6 nitrogen and oxygen atoms in total. The normalized spacial score (nSPS) is 16.2. The lowest BCUT2D eigenvalue weighted by Crippen LogP contribution is -2.38. The molecular formula is C14H16N2O4. The standard InChI is InChI=1S/C14H16N2O4/c17-13(18)2-1-10-7-11(9-15-8-10)14(19)16-12-3-5-20-6-4-12/h1-2,7-9,12H,3-6H2,(H,16,19)(H,17,18). The fourth-order valence-corrected chi connectivity index (χ4v) is 1.95. The molecule has 106 valence electrons. The second-order valence-corrected chi connectivity index (χ2v) is 4.54. The summed E-state index contributed by atoms with van der Waals surface area (Å²) in [5.74, 6) is -1.24. The maximum Gasteiger partial charge on any atom is 0.328 e. The molecule has 0 saturated carbocycles. The van der Waals surface area contributed by atoms with Crippen LogP contribution in [0.3, 0.4) is 0 Å². The van der Waals surface area contributed by atoms with Gasteiger partial charge in [-0.25, -0.2) is 4.79 Å². The van der Waals surface area contributed by atoms with Crippen LogP contribution in [0.4, 0.5) is 0 Å². The third kappa shape index (κ3) is 4.17. The van der Waals surface area contributed by atoms with E-state index in [0.717, 1.165) is 18.9 Å². The Morgan fingerprint density at radius 1 is 1.35 bits per heavy atom. The second kappa shape index (κ2) is 6.81. The summed E-state index contributed by atoms with van der Waals surface area (Å²) < 4.78 is 5.23. The number of pyridine rings is 1. The van der Waals surface area contributed by atoms with Crippen LogP contribution in [0.15, 0.2) is 24.5 Å². The van der Waals surface area contributed by atoms with E-state index in [0.29, 0.717) is 24.3 Å². The fraction of sp³-hybridized carbons (Fsp3) is 0.357. The van der Waals surface area contributed by atoms with E-state index >= 15 is 0 Å². The number of nitrogens with zero attached hydrogens (tertiary/aromatic N) is 1. The number of amides is 1. The Hall–Kier alpha value is -2.21. The van der Waals surface area contributed by atoms with E-state index in [9.17, 15) is 9.59 Å². The minimum Gasteiger partial charge on any atom is -0.478 e. The molecule has 0 unspecified atom stereocenters. The van der Waals surface area contributed by atoms with Gasteiger partial charge in [-0.3, -0.25) is 9.78 Å². The van der Waals surface area contributed by atoms with Gasteiger partial charge in [-0.1, -0.05) is 0 Å². The lowest BCUT2D eigenvalue weighted by atomic mass is 10.1. The van der Waals surface area contributed by atoms with Gasteiger partial charge in [0.2, 0.25) is 0 Å². The molecule has 1 aromatic heterocycles. The number of hydrogen-bond acceptors (Lipinski definition) is 4. The van der Waals surface area contributed by atoms with Crippen molar-refractivity contribution < 1.29 is 19.4 Å². The van der Waals surface area contributed by atoms with Crippen LogP contribution in [0.25, 0.3) is 6.08 Å². The van der Waals surface area contributed by atoms with Crippen LogP contribution in [0, 0.1) is 0 Å². The summed E-state index contributed by atoms with van der Waals surface area (Å²) in [6.07, 6.45) is 6.99. The lowest BCUT2D eigenvalue weighted by molar-refractivity contribution is -0.131. The summed E-state index contributed by atoms with van der Waals surface area (Å²) in [4.78, 5) is 26.5. The molecule has 0 radical (unpaired) electrons. The maximum absolute atomic E-state index is 12.1. The molecule has 0 aliphatic carbocycles. The molecule has 6 heteroatoms. The fourth-order valence-electron chi connectivity index (χ4n) is 1.95. The molecule has 1 amide bonds. The highest BCUT2D eigenvalue weighted by atomic mass is 16.5. The van der Waals surface area contributed by atoms with Crippen LogP contribution in [0.5, 0.6) is 0 Å². The van der Waals surface area contributed by atoms with Gasteiger partial charge in [0.1, 0.15) is 0 Å². The molecule has 2 N–H and O–H groups in total. The van der Waals surface area contributed by atoms with E-state index in [1.807, 2.05) is 0 Å². The van der Waals surface area contributed by atoms with Gasteiger partial charge >= 0.3 is 5.97 Å². The minimum atomic E-state index is -1.04. The SMILES string of the molecule is O=C(O)C=Cc1cncc(C(=O)NC2CCOCC2)c1. The molecule has 0 atom stereocenters. The van der Waals surface area contributed by atoms with Crippen LogP contribution in [-0.4, -0.2) is 41.2 Å². The number of aromatic nitrogens is 1. The van der Waals surface area contributed by atoms with E-state index in [1.165, 1.54) is 18.5 Å². The molecule has 1 saturated heterocycles. The number of rotatable bonds is 4. The molecule has 2 heterocycles. The van der Waals surface area contributed by atoms with Crippen LogP contribution in [-0.2, 0) is 9.53 Å². The van der Waals surface area contributed by atoms with Gasteiger partial charge in [0, 0.05) is 37.7 Å². The van der Waals surface area contributed by atoms with Crippen LogP contribution >= 0.6 is 0 Å². The van der Waals surface area contributed by atoms with Gasteiger partial charge in [0.25, 0.3) is 5.91 Å². The second-order valence-electron chi connectivity index (χ2n) is 4.54. The molecule has 2 rings (SSSR count). The average molecular weight is 276 g/mol. The smallest absolute Gasteiger partial charge is 0.328 e. The van der Waals surface area contributed by atoms with E-state index in [-0.39, 0.29) is 11.9 Å². The highest BCUT2D eigenvalue weighted by molar-refractivity contribution is 5.95. The van der Waals surface area contributed by atoms with Crippen molar-refractivity contribution in [2.24, 2.45) is 0 Å². The number of carboxylic acids is 1. The first-order valence-corrected chi connectivity index (χ1v) is 6.40. The Kier molecular flexibility index (Phi) is 4.84. The maximum atomic E-state index is 12.1. The van der Waals surface area contributed by atoms with Crippen molar-refractivity contribution in [2.45, 2.75) is 18.9 Å². The first-order valence-electron chi connectivity index (χ1n) is 6.40. The van der Waals surface area contributed by atoms with E-state index in [1.54, 1.807) is 6.07 Å². The predicted octanol–water partition coefficient (Wildman–Crippen LogP) is 1.09. The highest BCUT2D eigenvalue weighted by Crippen LogP contribution is 2.09. The van der Waals surface area contributed by atoms with Crippen molar-refractivity contribution in [3.8, 4) is 0 Å². The summed E-state index contributed by atoms with van der Waals surface area (Å²) in [6.45, 7) is 1.31. The van der Waals surface area contributed by atoms with Crippen LogP contribution in [0.2, 0.25) is 0 Å². The molecule has 1 aromatic rings. The van der Waals surface area contributed by atoms with Gasteiger partial charge in [-0.15, -0.1) is 0 Å². The van der Waals surface area contributed by atoms with Gasteiger partial charge in [-0.05, 0) is 30.5 Å². The van der Waals surface area contributed by atoms with Crippen molar-refractivity contribution in [2.75, 3.05) is 13.2 Å². The minimum absolute atomic E-state index is 0.120. The average Bonchev–Trinajstić information content (AvgIpc) is 2.46. The predicted molar refractivity (Wildman–Crippen MR) is 72.2 cm³/mol. The topological polar surface area (TPSA) is 88.5 Å². The summed E-state index contributed by atoms with van der Waals surface area (Å²) in [5.41, 5.74) is 0.996. The molecule has 0 aromatic carbocycles. The largest absolute Gasteiger partial charge is 0.478 e. The Morgan fingerprint density at radius 2 is 2.10 bits per heavy atom. The lowest BCUT2D eigenvalue weighted by Gasteiger charge is -2.23. The van der Waals surface area contributed by atoms with Crippen molar-refractivity contribution in [1.82, 2.24) is 10.3 Å². The Labute approximate surface area is 116 Å². The number of hydrogen-bond donors (Lipinski definition) is 2. The molecule has 1 fully saturated rings. The summed E-state index contributed by atoms with van der Waals surface area (Å²) in [7, 11) is 0. The molecule has 20 heavy (non-hydrogen) atoms. The summed E-state index contributed by atoms with van der Waals surface area (Å²) in [6, 6.07) is 1.73. The van der Waals surface area contributed by atoms with Crippen molar-refractivity contribution in [3.05, 3.63) is 35.7 Å². The molecule has 1 aliphatic heterocycles.